The van der Waals surface area contributed by atoms with Crippen molar-refractivity contribution in [2.45, 2.75) is 32.9 Å². The van der Waals surface area contributed by atoms with Gasteiger partial charge in [0.25, 0.3) is 0 Å². The van der Waals surface area contributed by atoms with Gasteiger partial charge in [0.05, 0.1) is 6.61 Å². The van der Waals surface area contributed by atoms with Crippen LogP contribution in [-0.4, -0.2) is 19.2 Å². The minimum absolute atomic E-state index is 0.163. The van der Waals surface area contributed by atoms with Crippen molar-refractivity contribution in [1.82, 2.24) is 5.32 Å². The van der Waals surface area contributed by atoms with E-state index in [4.69, 9.17) is 4.74 Å². The summed E-state index contributed by atoms with van der Waals surface area (Å²) in [6.45, 7) is 8.04. The minimum Gasteiger partial charge on any atom is -0.380 e. The predicted molar refractivity (Wildman–Crippen MR) is 73.9 cm³/mol. The Balaban J connectivity index is 2.58. The van der Waals surface area contributed by atoms with Crippen LogP contribution in [0.4, 0.5) is 0 Å². The smallest absolute Gasteiger partial charge is 0.0718 e. The molecule has 0 heterocycles. The first kappa shape index (κ1) is 13.9. The Morgan fingerprint density at radius 1 is 1.24 bits per heavy atom. The van der Waals surface area contributed by atoms with E-state index in [0.717, 1.165) is 6.54 Å². The molecule has 0 saturated carbocycles. The van der Waals surface area contributed by atoms with E-state index >= 15 is 0 Å². The lowest BCUT2D eigenvalue weighted by molar-refractivity contribution is 0.184. The molecule has 0 spiro atoms. The summed E-state index contributed by atoms with van der Waals surface area (Å²) in [6.07, 6.45) is 4.30. The summed E-state index contributed by atoms with van der Waals surface area (Å²) >= 11 is 0. The molecule has 0 unspecified atom stereocenters. The van der Waals surface area contributed by atoms with Crippen molar-refractivity contribution in [3.05, 3.63) is 41.5 Å². The van der Waals surface area contributed by atoms with Crippen LogP contribution < -0.4 is 5.32 Å². The molecule has 94 valence electrons. The van der Waals surface area contributed by atoms with Crippen molar-refractivity contribution < 1.29 is 4.74 Å². The Hall–Kier alpha value is -1.12. The maximum atomic E-state index is 5.18. The van der Waals surface area contributed by atoms with E-state index in [1.54, 1.807) is 7.11 Å². The Morgan fingerprint density at radius 3 is 2.59 bits per heavy atom. The second-order valence-electron chi connectivity index (χ2n) is 5.17. The molecule has 0 aromatic heterocycles. The number of rotatable bonds is 5. The van der Waals surface area contributed by atoms with Gasteiger partial charge < -0.3 is 10.1 Å². The second kappa shape index (κ2) is 6.58. The number of benzene rings is 1. The third kappa shape index (κ3) is 5.66. The molecule has 1 aromatic carbocycles. The summed E-state index contributed by atoms with van der Waals surface area (Å²) in [5.41, 5.74) is 2.61. The molecule has 1 N–H and O–H groups in total. The highest BCUT2D eigenvalue weighted by molar-refractivity contribution is 5.53. The van der Waals surface area contributed by atoms with Crippen LogP contribution in [0.1, 0.15) is 31.9 Å². The summed E-state index contributed by atoms with van der Waals surface area (Å²) in [4.78, 5) is 0. The Morgan fingerprint density at radius 2 is 1.94 bits per heavy atom. The van der Waals surface area contributed by atoms with Crippen molar-refractivity contribution in [3.63, 3.8) is 0 Å². The number of nitrogens with one attached hydrogen (secondary N) is 1. The van der Waals surface area contributed by atoms with Crippen LogP contribution in [0, 0.1) is 0 Å². The summed E-state index contributed by atoms with van der Waals surface area (Å²) in [5.74, 6) is 0. The fourth-order valence-electron chi connectivity index (χ4n) is 1.53. The van der Waals surface area contributed by atoms with Gasteiger partial charge in [0.15, 0.2) is 0 Å². The van der Waals surface area contributed by atoms with Gasteiger partial charge in [-0.15, -0.1) is 0 Å². The highest BCUT2D eigenvalue weighted by Crippen LogP contribution is 2.11. The highest BCUT2D eigenvalue weighted by atomic mass is 16.5. The Labute approximate surface area is 105 Å². The first-order valence-corrected chi connectivity index (χ1v) is 6.01. The zero-order valence-electron chi connectivity index (χ0n) is 11.3. The third-order valence-electron chi connectivity index (χ3n) is 2.40. The zero-order chi connectivity index (χ0) is 12.7. The first-order valence-electron chi connectivity index (χ1n) is 6.01. The van der Waals surface area contributed by atoms with Gasteiger partial charge in [-0.1, -0.05) is 36.4 Å². The second-order valence-corrected chi connectivity index (χ2v) is 5.17. The van der Waals surface area contributed by atoms with Gasteiger partial charge >= 0.3 is 0 Å². The SMILES string of the molecule is COCc1ccccc1C=CCNC(C)(C)C. The average molecular weight is 233 g/mol. The van der Waals surface area contributed by atoms with Crippen LogP contribution in [0.3, 0.4) is 0 Å². The van der Waals surface area contributed by atoms with E-state index in [9.17, 15) is 0 Å². The Kier molecular flexibility index (Phi) is 5.39. The standard InChI is InChI=1S/C15H23NO/c1-15(2,3)16-11-7-10-13-8-5-6-9-14(13)12-17-4/h5-10,16H,11-12H2,1-4H3. The van der Waals surface area contributed by atoms with Crippen LogP contribution in [0.25, 0.3) is 6.08 Å². The molecule has 0 amide bonds. The lowest BCUT2D eigenvalue weighted by Gasteiger charge is -2.18. The van der Waals surface area contributed by atoms with Gasteiger partial charge in [-0.25, -0.2) is 0 Å². The van der Waals surface area contributed by atoms with Crippen molar-refractivity contribution in [3.8, 4) is 0 Å². The molecule has 0 aliphatic rings. The highest BCUT2D eigenvalue weighted by Gasteiger charge is 2.05. The summed E-state index contributed by atoms with van der Waals surface area (Å²) < 4.78 is 5.18. The van der Waals surface area contributed by atoms with E-state index < -0.39 is 0 Å². The van der Waals surface area contributed by atoms with Gasteiger partial charge in [0, 0.05) is 19.2 Å². The van der Waals surface area contributed by atoms with Gasteiger partial charge in [-0.05, 0) is 31.9 Å². The zero-order valence-corrected chi connectivity index (χ0v) is 11.3. The molecule has 0 aliphatic heterocycles. The molecule has 0 bridgehead atoms. The fourth-order valence-corrected chi connectivity index (χ4v) is 1.53. The Bertz CT molecular complexity index is 363. The van der Waals surface area contributed by atoms with E-state index in [2.05, 4.69) is 56.4 Å². The monoisotopic (exact) mass is 233 g/mol. The minimum atomic E-state index is 0.163. The van der Waals surface area contributed by atoms with Crippen molar-refractivity contribution >= 4 is 6.08 Å². The van der Waals surface area contributed by atoms with Gasteiger partial charge in [-0.3, -0.25) is 0 Å². The van der Waals surface area contributed by atoms with E-state index in [-0.39, 0.29) is 5.54 Å². The molecule has 2 nitrogen and oxygen atoms in total. The lowest BCUT2D eigenvalue weighted by Crippen LogP contribution is -2.35. The lowest BCUT2D eigenvalue weighted by atomic mass is 10.1. The van der Waals surface area contributed by atoms with E-state index in [1.807, 2.05) is 6.07 Å². The maximum Gasteiger partial charge on any atom is 0.0718 e. The molecule has 0 saturated heterocycles. The molecule has 0 atom stereocenters. The van der Waals surface area contributed by atoms with Gasteiger partial charge in [0.2, 0.25) is 0 Å². The quantitative estimate of drug-likeness (QED) is 0.843. The number of methoxy groups -OCH3 is 1. The van der Waals surface area contributed by atoms with Crippen LogP contribution in [-0.2, 0) is 11.3 Å². The van der Waals surface area contributed by atoms with Crippen LogP contribution in [0.2, 0.25) is 0 Å². The number of hydrogen-bond acceptors (Lipinski definition) is 2. The predicted octanol–water partition coefficient (Wildman–Crippen LogP) is 3.23. The largest absolute Gasteiger partial charge is 0.380 e. The van der Waals surface area contributed by atoms with E-state index in [0.29, 0.717) is 6.61 Å². The molecule has 0 aliphatic carbocycles. The third-order valence-corrected chi connectivity index (χ3v) is 2.40. The number of ether oxygens (including phenoxy) is 1. The fraction of sp³-hybridized carbons (Fsp3) is 0.467. The summed E-state index contributed by atoms with van der Waals surface area (Å²) in [5, 5.41) is 3.43. The van der Waals surface area contributed by atoms with Gasteiger partial charge in [-0.2, -0.15) is 0 Å². The molecular formula is C15H23NO. The first-order chi connectivity index (χ1) is 8.03. The molecule has 0 fully saturated rings. The molecule has 2 heteroatoms. The molecule has 1 rings (SSSR count). The molecular weight excluding hydrogens is 210 g/mol. The van der Waals surface area contributed by atoms with E-state index in [1.165, 1.54) is 11.1 Å². The topological polar surface area (TPSA) is 21.3 Å². The van der Waals surface area contributed by atoms with Crippen molar-refractivity contribution in [2.24, 2.45) is 0 Å². The summed E-state index contributed by atoms with van der Waals surface area (Å²) in [6, 6.07) is 8.30. The molecule has 0 radical (unpaired) electrons. The normalized spacial score (nSPS) is 12.2. The summed E-state index contributed by atoms with van der Waals surface area (Å²) in [7, 11) is 1.72. The van der Waals surface area contributed by atoms with Crippen LogP contribution >= 0.6 is 0 Å². The van der Waals surface area contributed by atoms with Gasteiger partial charge in [0.1, 0.15) is 0 Å². The van der Waals surface area contributed by atoms with Crippen molar-refractivity contribution in [2.75, 3.05) is 13.7 Å². The van der Waals surface area contributed by atoms with Crippen molar-refractivity contribution in [1.29, 1.82) is 0 Å². The van der Waals surface area contributed by atoms with Crippen LogP contribution in [0.15, 0.2) is 30.3 Å². The average Bonchev–Trinajstić information content (AvgIpc) is 2.25. The molecule has 17 heavy (non-hydrogen) atoms. The molecule has 1 aromatic rings. The number of hydrogen-bond donors (Lipinski definition) is 1. The van der Waals surface area contributed by atoms with Crippen LogP contribution in [0.5, 0.6) is 0 Å². The maximum absolute atomic E-state index is 5.18.